The molecule has 2 heterocycles. The third-order valence-electron chi connectivity index (χ3n) is 3.02. The first-order valence-electron chi connectivity index (χ1n) is 5.76. The van der Waals surface area contributed by atoms with Crippen LogP contribution < -0.4 is 10.6 Å². The molecule has 17 heavy (non-hydrogen) atoms. The molecule has 2 rings (SSSR count). The molecule has 1 aliphatic heterocycles. The van der Waals surface area contributed by atoms with Gasteiger partial charge >= 0.3 is 0 Å². The van der Waals surface area contributed by atoms with E-state index in [0.29, 0.717) is 11.1 Å². The molecule has 94 valence electrons. The van der Waals surface area contributed by atoms with Crippen molar-refractivity contribution in [3.8, 4) is 0 Å². The predicted octanol–water partition coefficient (Wildman–Crippen LogP) is 2.03. The van der Waals surface area contributed by atoms with Gasteiger partial charge in [0.15, 0.2) is 5.16 Å². The van der Waals surface area contributed by atoms with E-state index in [1.54, 1.807) is 0 Å². The van der Waals surface area contributed by atoms with Gasteiger partial charge in [-0.1, -0.05) is 23.4 Å². The minimum absolute atomic E-state index is 0.509. The van der Waals surface area contributed by atoms with Gasteiger partial charge in [0, 0.05) is 19.2 Å². The Morgan fingerprint density at radius 2 is 2.41 bits per heavy atom. The fourth-order valence-corrected chi connectivity index (χ4v) is 2.71. The molecule has 6 heteroatoms. The Morgan fingerprint density at radius 1 is 1.59 bits per heavy atom. The lowest BCUT2D eigenvalue weighted by molar-refractivity contribution is 0.421. The van der Waals surface area contributed by atoms with E-state index < -0.39 is 0 Å². The first-order chi connectivity index (χ1) is 8.22. The van der Waals surface area contributed by atoms with E-state index in [1.165, 1.54) is 18.2 Å². The Balaban J connectivity index is 2.18. The number of nitrogens with zero attached hydrogens (tertiary/aromatic N) is 3. The predicted molar refractivity (Wildman–Crippen MR) is 72.8 cm³/mol. The molecule has 0 aromatic carbocycles. The normalized spacial score (nSPS) is 20.6. The number of nitrogens with two attached hydrogens (primary N) is 1. The molecule has 1 fully saturated rings. The number of rotatable bonds is 3. The SMILES string of the molecule is CSc1nc(Cl)cc(N2CCC[C@@H](CN)C2)n1. The van der Waals surface area contributed by atoms with E-state index in [2.05, 4.69) is 14.9 Å². The van der Waals surface area contributed by atoms with Crippen molar-refractivity contribution >= 4 is 29.2 Å². The second kappa shape index (κ2) is 5.89. The molecule has 0 spiro atoms. The zero-order valence-electron chi connectivity index (χ0n) is 9.90. The Labute approximate surface area is 111 Å². The second-order valence-electron chi connectivity index (χ2n) is 4.23. The van der Waals surface area contributed by atoms with Gasteiger partial charge in [-0.15, -0.1) is 0 Å². The second-order valence-corrected chi connectivity index (χ2v) is 5.39. The van der Waals surface area contributed by atoms with Gasteiger partial charge in [-0.05, 0) is 31.6 Å². The fourth-order valence-electron chi connectivity index (χ4n) is 2.10. The van der Waals surface area contributed by atoms with Crippen molar-refractivity contribution < 1.29 is 0 Å². The van der Waals surface area contributed by atoms with Gasteiger partial charge in [0.05, 0.1) is 0 Å². The van der Waals surface area contributed by atoms with Gasteiger partial charge in [0.2, 0.25) is 0 Å². The van der Waals surface area contributed by atoms with Crippen LogP contribution in [0.5, 0.6) is 0 Å². The van der Waals surface area contributed by atoms with Gasteiger partial charge in [-0.25, -0.2) is 9.97 Å². The maximum atomic E-state index is 6.00. The summed E-state index contributed by atoms with van der Waals surface area (Å²) in [6, 6.07) is 1.83. The number of thioether (sulfide) groups is 1. The standard InChI is InChI=1S/C11H17ClN4S/c1-17-11-14-9(12)5-10(15-11)16-4-2-3-8(6-13)7-16/h5,8H,2-4,6-7,13H2,1H3/t8-/m0/s1. The zero-order valence-corrected chi connectivity index (χ0v) is 11.5. The van der Waals surface area contributed by atoms with Gasteiger partial charge in [0.1, 0.15) is 11.0 Å². The van der Waals surface area contributed by atoms with Crippen molar-refractivity contribution in [1.29, 1.82) is 0 Å². The summed E-state index contributed by atoms with van der Waals surface area (Å²) in [5.41, 5.74) is 5.74. The first-order valence-corrected chi connectivity index (χ1v) is 7.36. The molecule has 1 aliphatic rings. The lowest BCUT2D eigenvalue weighted by Crippen LogP contribution is -2.38. The molecule has 0 amide bonds. The highest BCUT2D eigenvalue weighted by atomic mass is 35.5. The molecule has 2 N–H and O–H groups in total. The van der Waals surface area contributed by atoms with Gasteiger partial charge in [0.25, 0.3) is 0 Å². The van der Waals surface area contributed by atoms with Crippen LogP contribution in [0.25, 0.3) is 0 Å². The number of hydrogen-bond donors (Lipinski definition) is 1. The number of piperidine rings is 1. The monoisotopic (exact) mass is 272 g/mol. The van der Waals surface area contributed by atoms with Crippen LogP contribution in [0.3, 0.4) is 0 Å². The molecular formula is C11H17ClN4S. The molecule has 0 aliphatic carbocycles. The smallest absolute Gasteiger partial charge is 0.190 e. The van der Waals surface area contributed by atoms with Crippen LogP contribution in [0.15, 0.2) is 11.2 Å². The zero-order chi connectivity index (χ0) is 12.3. The topological polar surface area (TPSA) is 55.0 Å². The molecule has 0 unspecified atom stereocenters. The van der Waals surface area contributed by atoms with Crippen molar-refractivity contribution in [3.63, 3.8) is 0 Å². The molecular weight excluding hydrogens is 256 g/mol. The molecule has 1 saturated heterocycles. The molecule has 1 aromatic heterocycles. The fraction of sp³-hybridized carbons (Fsp3) is 0.636. The van der Waals surface area contributed by atoms with Crippen molar-refractivity contribution in [2.45, 2.75) is 18.0 Å². The highest BCUT2D eigenvalue weighted by Crippen LogP contribution is 2.24. The van der Waals surface area contributed by atoms with Crippen LogP contribution >= 0.6 is 23.4 Å². The summed E-state index contributed by atoms with van der Waals surface area (Å²) in [5.74, 6) is 1.49. The Bertz CT molecular complexity index is 388. The minimum Gasteiger partial charge on any atom is -0.356 e. The van der Waals surface area contributed by atoms with E-state index in [9.17, 15) is 0 Å². The Kier molecular flexibility index (Phi) is 4.48. The lowest BCUT2D eigenvalue weighted by Gasteiger charge is -2.33. The number of aromatic nitrogens is 2. The van der Waals surface area contributed by atoms with Crippen molar-refractivity contribution in [2.24, 2.45) is 11.7 Å². The highest BCUT2D eigenvalue weighted by molar-refractivity contribution is 7.98. The summed E-state index contributed by atoms with van der Waals surface area (Å²) in [6.07, 6.45) is 4.33. The first kappa shape index (κ1) is 12.9. The van der Waals surface area contributed by atoms with Crippen LogP contribution in [0.1, 0.15) is 12.8 Å². The Hall–Kier alpha value is -0.520. The number of hydrogen-bond acceptors (Lipinski definition) is 5. The lowest BCUT2D eigenvalue weighted by atomic mass is 9.98. The summed E-state index contributed by atoms with van der Waals surface area (Å²) in [5, 5.41) is 1.23. The molecule has 0 radical (unpaired) electrons. The summed E-state index contributed by atoms with van der Waals surface area (Å²) < 4.78 is 0. The van der Waals surface area contributed by atoms with Crippen molar-refractivity contribution in [1.82, 2.24) is 9.97 Å². The van der Waals surface area contributed by atoms with Crippen molar-refractivity contribution in [3.05, 3.63) is 11.2 Å². The van der Waals surface area contributed by atoms with E-state index in [4.69, 9.17) is 17.3 Å². The van der Waals surface area contributed by atoms with E-state index in [0.717, 1.165) is 37.0 Å². The van der Waals surface area contributed by atoms with E-state index in [-0.39, 0.29) is 0 Å². The molecule has 4 nitrogen and oxygen atoms in total. The quantitative estimate of drug-likeness (QED) is 0.518. The highest BCUT2D eigenvalue weighted by Gasteiger charge is 2.20. The molecule has 1 atom stereocenters. The molecule has 0 saturated carbocycles. The molecule has 0 bridgehead atoms. The third-order valence-corrected chi connectivity index (χ3v) is 3.76. The average Bonchev–Trinajstić information content (AvgIpc) is 2.38. The van der Waals surface area contributed by atoms with Crippen molar-refractivity contribution in [2.75, 3.05) is 30.8 Å². The summed E-state index contributed by atoms with van der Waals surface area (Å²) in [7, 11) is 0. The maximum Gasteiger partial charge on any atom is 0.190 e. The van der Waals surface area contributed by atoms with Gasteiger partial charge < -0.3 is 10.6 Å². The average molecular weight is 273 g/mol. The van der Waals surface area contributed by atoms with Crippen LogP contribution in [-0.2, 0) is 0 Å². The summed E-state index contributed by atoms with van der Waals surface area (Å²) in [6.45, 7) is 2.74. The van der Waals surface area contributed by atoms with Crippen LogP contribution in [0.4, 0.5) is 5.82 Å². The number of halogens is 1. The van der Waals surface area contributed by atoms with Gasteiger partial charge in [-0.3, -0.25) is 0 Å². The summed E-state index contributed by atoms with van der Waals surface area (Å²) >= 11 is 7.51. The van der Waals surface area contributed by atoms with Gasteiger partial charge in [-0.2, -0.15) is 0 Å². The Morgan fingerprint density at radius 3 is 3.12 bits per heavy atom. The van der Waals surface area contributed by atoms with Crippen LogP contribution in [-0.4, -0.2) is 35.9 Å². The van der Waals surface area contributed by atoms with E-state index >= 15 is 0 Å². The van der Waals surface area contributed by atoms with Crippen LogP contribution in [0.2, 0.25) is 5.15 Å². The summed E-state index contributed by atoms with van der Waals surface area (Å²) in [4.78, 5) is 10.9. The number of anilines is 1. The van der Waals surface area contributed by atoms with E-state index in [1.807, 2.05) is 12.3 Å². The third kappa shape index (κ3) is 3.24. The molecule has 1 aromatic rings. The minimum atomic E-state index is 0.509. The largest absolute Gasteiger partial charge is 0.356 e. The van der Waals surface area contributed by atoms with Crippen LogP contribution in [0, 0.1) is 5.92 Å². The maximum absolute atomic E-state index is 6.00.